The van der Waals surface area contributed by atoms with Crippen molar-refractivity contribution < 1.29 is 22.7 Å². The fourth-order valence-corrected chi connectivity index (χ4v) is 5.23. The van der Waals surface area contributed by atoms with E-state index in [9.17, 15) is 13.2 Å². The number of rotatable bonds is 8. The van der Waals surface area contributed by atoms with Gasteiger partial charge >= 0.3 is 5.97 Å². The monoisotopic (exact) mass is 385 g/mol. The van der Waals surface area contributed by atoms with Crippen LogP contribution in [0.15, 0.2) is 20.1 Å². The molecule has 0 unspecified atom stereocenters. The topological polar surface area (TPSA) is 72.9 Å². The summed E-state index contributed by atoms with van der Waals surface area (Å²) in [5.41, 5.74) is 0. The van der Waals surface area contributed by atoms with Gasteiger partial charge < -0.3 is 9.47 Å². The number of carbonyl (C=O) groups excluding carboxylic acids is 1. The summed E-state index contributed by atoms with van der Waals surface area (Å²) in [5, 5.41) is 1.66. The zero-order chi connectivity index (χ0) is 15.2. The predicted molar refractivity (Wildman–Crippen MR) is 79.3 cm³/mol. The summed E-state index contributed by atoms with van der Waals surface area (Å²) < 4.78 is 36.4. The average Bonchev–Trinajstić information content (AvgIpc) is 2.81. The van der Waals surface area contributed by atoms with Crippen molar-refractivity contribution in [2.45, 2.75) is 11.1 Å². The lowest BCUT2D eigenvalue weighted by molar-refractivity contribution is -0.143. The molecule has 1 aromatic heterocycles. The van der Waals surface area contributed by atoms with Crippen molar-refractivity contribution in [1.29, 1.82) is 0 Å². The summed E-state index contributed by atoms with van der Waals surface area (Å²) in [4.78, 5) is 11.5. The second-order valence-electron chi connectivity index (χ2n) is 3.69. The molecule has 0 fully saturated rings. The van der Waals surface area contributed by atoms with Gasteiger partial charge in [0.05, 0.1) is 13.2 Å². The van der Waals surface area contributed by atoms with E-state index in [4.69, 9.17) is 9.47 Å². The van der Waals surface area contributed by atoms with Gasteiger partial charge in [-0.25, -0.2) is 8.42 Å². The van der Waals surface area contributed by atoms with E-state index in [0.717, 1.165) is 15.6 Å². The van der Waals surface area contributed by atoms with E-state index in [1.54, 1.807) is 18.4 Å². The minimum Gasteiger partial charge on any atom is -0.465 e. The van der Waals surface area contributed by atoms with E-state index in [1.165, 1.54) is 7.11 Å². The SMILES string of the molecule is CCOC(=O)CN(CCOC)S(=O)(=O)c1sccc1Br. The van der Waals surface area contributed by atoms with E-state index < -0.39 is 16.0 Å². The third-order valence-electron chi connectivity index (χ3n) is 2.31. The number of halogens is 1. The van der Waals surface area contributed by atoms with Crippen LogP contribution in [-0.4, -0.2) is 52.1 Å². The fourth-order valence-electron chi connectivity index (χ4n) is 1.41. The van der Waals surface area contributed by atoms with Crippen LogP contribution in [0.25, 0.3) is 0 Å². The molecule has 0 aliphatic carbocycles. The lowest BCUT2D eigenvalue weighted by Crippen LogP contribution is -2.38. The van der Waals surface area contributed by atoms with Crippen molar-refractivity contribution in [2.24, 2.45) is 0 Å². The first kappa shape index (κ1) is 17.6. The molecule has 6 nitrogen and oxygen atoms in total. The number of sulfonamides is 1. The number of esters is 1. The second-order valence-corrected chi connectivity index (χ2v) is 7.60. The van der Waals surface area contributed by atoms with Crippen LogP contribution in [0.3, 0.4) is 0 Å². The van der Waals surface area contributed by atoms with Gasteiger partial charge in [-0.2, -0.15) is 4.31 Å². The Balaban J connectivity index is 2.97. The summed E-state index contributed by atoms with van der Waals surface area (Å²) >= 11 is 4.28. The Morgan fingerprint density at radius 2 is 2.20 bits per heavy atom. The Hall–Kier alpha value is -0.480. The second kappa shape index (κ2) is 8.08. The molecule has 0 bridgehead atoms. The molecule has 0 radical (unpaired) electrons. The molecule has 0 spiro atoms. The van der Waals surface area contributed by atoms with Gasteiger partial charge in [0.25, 0.3) is 10.0 Å². The number of ether oxygens (including phenoxy) is 2. The lowest BCUT2D eigenvalue weighted by Gasteiger charge is -2.20. The Morgan fingerprint density at radius 1 is 1.50 bits per heavy atom. The van der Waals surface area contributed by atoms with Crippen molar-refractivity contribution in [3.05, 3.63) is 15.9 Å². The van der Waals surface area contributed by atoms with Gasteiger partial charge in [0, 0.05) is 18.1 Å². The number of carbonyl (C=O) groups is 1. The number of nitrogens with zero attached hydrogens (tertiary/aromatic N) is 1. The molecule has 1 rings (SSSR count). The largest absolute Gasteiger partial charge is 0.465 e. The highest BCUT2D eigenvalue weighted by Gasteiger charge is 2.29. The quantitative estimate of drug-likeness (QED) is 0.636. The van der Waals surface area contributed by atoms with Crippen LogP contribution >= 0.6 is 27.3 Å². The van der Waals surface area contributed by atoms with E-state index in [-0.39, 0.29) is 30.5 Å². The van der Waals surface area contributed by atoms with Crippen LogP contribution in [0.4, 0.5) is 0 Å². The molecule has 0 aliphatic heterocycles. The van der Waals surface area contributed by atoms with Gasteiger partial charge in [0.1, 0.15) is 10.8 Å². The highest BCUT2D eigenvalue weighted by molar-refractivity contribution is 9.10. The zero-order valence-electron chi connectivity index (χ0n) is 11.2. The highest BCUT2D eigenvalue weighted by Crippen LogP contribution is 2.30. The summed E-state index contributed by atoms with van der Waals surface area (Å²) in [6.45, 7) is 1.83. The molecule has 20 heavy (non-hydrogen) atoms. The summed E-state index contributed by atoms with van der Waals surface area (Å²) in [5.74, 6) is -0.583. The number of hydrogen-bond acceptors (Lipinski definition) is 6. The fraction of sp³-hybridized carbons (Fsp3) is 0.545. The summed E-state index contributed by atoms with van der Waals surface area (Å²) in [7, 11) is -2.28. The highest BCUT2D eigenvalue weighted by atomic mass is 79.9. The summed E-state index contributed by atoms with van der Waals surface area (Å²) in [6, 6.07) is 1.65. The van der Waals surface area contributed by atoms with Crippen LogP contribution in [0, 0.1) is 0 Å². The van der Waals surface area contributed by atoms with Crippen LogP contribution < -0.4 is 0 Å². The predicted octanol–water partition coefficient (Wildman–Crippen LogP) is 1.71. The molecule has 1 heterocycles. The Morgan fingerprint density at radius 3 is 2.70 bits per heavy atom. The van der Waals surface area contributed by atoms with E-state index in [0.29, 0.717) is 4.47 Å². The van der Waals surface area contributed by atoms with E-state index in [2.05, 4.69) is 15.9 Å². The molecule has 0 saturated carbocycles. The molecule has 1 aromatic rings. The maximum Gasteiger partial charge on any atom is 0.321 e. The average molecular weight is 386 g/mol. The molecule has 9 heteroatoms. The lowest BCUT2D eigenvalue weighted by atomic mass is 10.6. The molecule has 0 aliphatic rings. The number of hydrogen-bond donors (Lipinski definition) is 0. The third-order valence-corrected chi connectivity index (χ3v) is 6.81. The van der Waals surface area contributed by atoms with Crippen molar-refractivity contribution >= 4 is 43.3 Å². The van der Waals surface area contributed by atoms with E-state index >= 15 is 0 Å². The normalized spacial score (nSPS) is 11.8. The van der Waals surface area contributed by atoms with Gasteiger partial charge in [-0.3, -0.25) is 4.79 Å². The first-order valence-corrected chi connectivity index (χ1v) is 8.92. The van der Waals surface area contributed by atoms with Crippen molar-refractivity contribution in [2.75, 3.05) is 33.4 Å². The van der Waals surface area contributed by atoms with Crippen LogP contribution in [0.1, 0.15) is 6.92 Å². The van der Waals surface area contributed by atoms with Crippen molar-refractivity contribution in [3.8, 4) is 0 Å². The molecule has 0 saturated heterocycles. The van der Waals surface area contributed by atoms with Gasteiger partial charge in [-0.1, -0.05) is 0 Å². The maximum atomic E-state index is 12.5. The molecular weight excluding hydrogens is 370 g/mol. The summed E-state index contributed by atoms with van der Waals surface area (Å²) in [6.07, 6.45) is 0. The minimum atomic E-state index is -3.75. The first-order valence-electron chi connectivity index (χ1n) is 5.81. The molecule has 0 atom stereocenters. The Bertz CT molecular complexity index is 543. The van der Waals surface area contributed by atoms with Crippen molar-refractivity contribution in [1.82, 2.24) is 4.31 Å². The van der Waals surface area contributed by atoms with Crippen molar-refractivity contribution in [3.63, 3.8) is 0 Å². The molecule has 0 aromatic carbocycles. The van der Waals surface area contributed by atoms with E-state index in [1.807, 2.05) is 0 Å². The minimum absolute atomic E-state index is 0.0853. The zero-order valence-corrected chi connectivity index (χ0v) is 14.4. The third kappa shape index (κ3) is 4.52. The van der Waals surface area contributed by atoms with Crippen LogP contribution in [-0.2, 0) is 24.3 Å². The molecule has 114 valence electrons. The van der Waals surface area contributed by atoms with Gasteiger partial charge in [-0.15, -0.1) is 11.3 Å². The maximum absolute atomic E-state index is 12.5. The van der Waals surface area contributed by atoms with Crippen LogP contribution in [0.2, 0.25) is 0 Å². The van der Waals surface area contributed by atoms with Gasteiger partial charge in [-0.05, 0) is 34.3 Å². The standard InChI is InChI=1S/C11H16BrNO5S2/c1-3-18-10(14)8-13(5-6-17-2)20(15,16)11-9(12)4-7-19-11/h4,7H,3,5-6,8H2,1-2H3. The van der Waals surface area contributed by atoms with Crippen LogP contribution in [0.5, 0.6) is 0 Å². The first-order chi connectivity index (χ1) is 9.43. The molecular formula is C11H16BrNO5S2. The molecule has 0 N–H and O–H groups in total. The van der Waals surface area contributed by atoms with Gasteiger partial charge in [0.2, 0.25) is 0 Å². The van der Waals surface area contributed by atoms with Gasteiger partial charge in [0.15, 0.2) is 0 Å². The Kier molecular flexibility index (Phi) is 7.10. The number of methoxy groups -OCH3 is 1. The number of thiophene rings is 1. The molecule has 0 amide bonds. The smallest absolute Gasteiger partial charge is 0.321 e. The Labute approximate surface area is 130 Å².